The minimum atomic E-state index is -4.41. The quantitative estimate of drug-likeness (QED) is 0.589. The molecule has 1 N–H and O–H groups in total. The fourth-order valence-electron chi connectivity index (χ4n) is 1.89. The highest BCUT2D eigenvalue weighted by atomic mass is 19.4. The summed E-state index contributed by atoms with van der Waals surface area (Å²) in [5, 5.41) is 9.12. The lowest BCUT2D eigenvalue weighted by molar-refractivity contribution is -0.176. The second-order valence-electron chi connectivity index (χ2n) is 4.38. The van der Waals surface area contributed by atoms with Gasteiger partial charge in [0.05, 0.1) is 13.2 Å². The summed E-state index contributed by atoms with van der Waals surface area (Å²) in [4.78, 5) is 22.9. The Morgan fingerprint density at radius 1 is 1.47 bits per heavy atom. The molecule has 1 saturated heterocycles. The Bertz CT molecular complexity index is 342. The minimum Gasteiger partial charge on any atom is -0.480 e. The van der Waals surface area contributed by atoms with Gasteiger partial charge in [-0.05, 0) is 12.8 Å². The van der Waals surface area contributed by atoms with Crippen LogP contribution in [0.15, 0.2) is 0 Å². The van der Waals surface area contributed by atoms with Gasteiger partial charge in [0.25, 0.3) is 0 Å². The second-order valence-corrected chi connectivity index (χ2v) is 4.38. The van der Waals surface area contributed by atoms with E-state index in [0.29, 0.717) is 0 Å². The summed E-state index contributed by atoms with van der Waals surface area (Å²) in [6, 6.07) is 0. The monoisotopic (exact) mass is 284 g/mol. The Kier molecular flexibility index (Phi) is 5.30. The van der Waals surface area contributed by atoms with E-state index in [1.54, 1.807) is 0 Å². The standard InChI is InChI=1S/C11H15F3O5/c12-11(13,14)7-18-4-1-3-10(9(16)17)6-19-5-2-8(10)15/h1-7H2,(H,16,17). The van der Waals surface area contributed by atoms with Crippen LogP contribution in [-0.2, 0) is 19.1 Å². The number of ketones is 1. The Hall–Kier alpha value is -1.15. The number of carboxylic acid groups (broad SMARTS) is 1. The molecule has 0 aromatic rings. The molecule has 110 valence electrons. The van der Waals surface area contributed by atoms with Crippen LogP contribution in [0.25, 0.3) is 0 Å². The molecular formula is C11H15F3O5. The number of alkyl halides is 3. The Labute approximate surface area is 107 Å². The van der Waals surface area contributed by atoms with Gasteiger partial charge in [0.1, 0.15) is 12.0 Å². The molecule has 1 fully saturated rings. The molecular weight excluding hydrogens is 269 g/mol. The van der Waals surface area contributed by atoms with Gasteiger partial charge in [0.2, 0.25) is 0 Å². The number of carboxylic acids is 1. The van der Waals surface area contributed by atoms with Crippen LogP contribution in [0.3, 0.4) is 0 Å². The van der Waals surface area contributed by atoms with Crippen LogP contribution >= 0.6 is 0 Å². The average Bonchev–Trinajstić information content (AvgIpc) is 2.29. The first-order chi connectivity index (χ1) is 8.78. The average molecular weight is 284 g/mol. The number of Topliss-reactive ketones (excluding diaryl/α,β-unsaturated/α-hetero) is 1. The maximum atomic E-state index is 11.8. The Morgan fingerprint density at radius 2 is 2.16 bits per heavy atom. The van der Waals surface area contributed by atoms with Gasteiger partial charge in [0, 0.05) is 13.0 Å². The highest BCUT2D eigenvalue weighted by Gasteiger charge is 2.47. The molecule has 1 rings (SSSR count). The van der Waals surface area contributed by atoms with Crippen LogP contribution in [0, 0.1) is 5.41 Å². The highest BCUT2D eigenvalue weighted by Crippen LogP contribution is 2.31. The number of ether oxygens (including phenoxy) is 2. The van der Waals surface area contributed by atoms with Crippen LogP contribution < -0.4 is 0 Å². The van der Waals surface area contributed by atoms with E-state index in [9.17, 15) is 22.8 Å². The molecule has 0 aromatic carbocycles. The zero-order valence-corrected chi connectivity index (χ0v) is 10.2. The van der Waals surface area contributed by atoms with Crippen LogP contribution in [0.4, 0.5) is 13.2 Å². The third-order valence-corrected chi connectivity index (χ3v) is 2.92. The number of hydrogen-bond acceptors (Lipinski definition) is 4. The summed E-state index contributed by atoms with van der Waals surface area (Å²) >= 11 is 0. The molecule has 1 unspecified atom stereocenters. The van der Waals surface area contributed by atoms with Gasteiger partial charge in [-0.25, -0.2) is 0 Å². The van der Waals surface area contributed by atoms with Crippen molar-refractivity contribution < 1.29 is 37.3 Å². The predicted molar refractivity (Wildman–Crippen MR) is 56.6 cm³/mol. The minimum absolute atomic E-state index is 0.00963. The SMILES string of the molecule is O=C(O)C1(CCCOCC(F)(F)F)COCCC1=O. The summed E-state index contributed by atoms with van der Waals surface area (Å²) in [5.74, 6) is -1.74. The van der Waals surface area contributed by atoms with Crippen molar-refractivity contribution in [1.29, 1.82) is 0 Å². The van der Waals surface area contributed by atoms with Gasteiger partial charge in [-0.1, -0.05) is 0 Å². The number of rotatable bonds is 6. The van der Waals surface area contributed by atoms with E-state index in [0.717, 1.165) is 0 Å². The molecule has 1 atom stereocenters. The number of aliphatic carboxylic acids is 1. The van der Waals surface area contributed by atoms with Crippen molar-refractivity contribution in [3.8, 4) is 0 Å². The molecule has 8 heteroatoms. The lowest BCUT2D eigenvalue weighted by Gasteiger charge is -2.31. The van der Waals surface area contributed by atoms with Crippen LogP contribution in [-0.4, -0.2) is 49.5 Å². The lowest BCUT2D eigenvalue weighted by Crippen LogP contribution is -2.47. The van der Waals surface area contributed by atoms with Crippen molar-refractivity contribution in [2.45, 2.75) is 25.4 Å². The maximum Gasteiger partial charge on any atom is 0.411 e. The maximum absolute atomic E-state index is 11.8. The van der Waals surface area contributed by atoms with E-state index in [-0.39, 0.29) is 39.1 Å². The molecule has 0 bridgehead atoms. The number of hydrogen-bond donors (Lipinski definition) is 1. The molecule has 0 radical (unpaired) electrons. The summed E-state index contributed by atoms with van der Waals surface area (Å²) in [6.07, 6.45) is -4.43. The van der Waals surface area contributed by atoms with Crippen molar-refractivity contribution in [2.75, 3.05) is 26.4 Å². The highest BCUT2D eigenvalue weighted by molar-refractivity contribution is 6.03. The Morgan fingerprint density at radius 3 is 2.68 bits per heavy atom. The molecule has 0 saturated carbocycles. The van der Waals surface area contributed by atoms with Crippen LogP contribution in [0.2, 0.25) is 0 Å². The van der Waals surface area contributed by atoms with Gasteiger partial charge in [-0.3, -0.25) is 9.59 Å². The first-order valence-corrected chi connectivity index (χ1v) is 5.77. The number of carbonyl (C=O) groups is 2. The first-order valence-electron chi connectivity index (χ1n) is 5.77. The summed E-state index contributed by atoms with van der Waals surface area (Å²) in [7, 11) is 0. The summed E-state index contributed by atoms with van der Waals surface area (Å²) < 4.78 is 44.8. The smallest absolute Gasteiger partial charge is 0.411 e. The molecule has 5 nitrogen and oxygen atoms in total. The van der Waals surface area contributed by atoms with Crippen molar-refractivity contribution in [3.05, 3.63) is 0 Å². The second kappa shape index (κ2) is 6.33. The zero-order valence-electron chi connectivity index (χ0n) is 10.2. The fourth-order valence-corrected chi connectivity index (χ4v) is 1.89. The zero-order chi connectivity index (χ0) is 14.5. The van der Waals surface area contributed by atoms with E-state index in [1.807, 2.05) is 0 Å². The van der Waals surface area contributed by atoms with Crippen LogP contribution in [0.1, 0.15) is 19.3 Å². The molecule has 0 spiro atoms. The topological polar surface area (TPSA) is 72.8 Å². The van der Waals surface area contributed by atoms with E-state index in [2.05, 4.69) is 4.74 Å². The van der Waals surface area contributed by atoms with Crippen molar-refractivity contribution >= 4 is 11.8 Å². The summed E-state index contributed by atoms with van der Waals surface area (Å²) in [6.45, 7) is -1.68. The molecule has 1 aliphatic rings. The predicted octanol–water partition coefficient (Wildman–Crippen LogP) is 1.41. The number of halogens is 3. The van der Waals surface area contributed by atoms with Crippen molar-refractivity contribution in [2.24, 2.45) is 5.41 Å². The fraction of sp³-hybridized carbons (Fsp3) is 0.818. The van der Waals surface area contributed by atoms with Gasteiger partial charge in [-0.2, -0.15) is 13.2 Å². The third kappa shape index (κ3) is 4.46. The van der Waals surface area contributed by atoms with Crippen LogP contribution in [0.5, 0.6) is 0 Å². The van der Waals surface area contributed by atoms with E-state index < -0.39 is 30.0 Å². The molecule has 0 aliphatic carbocycles. The van der Waals surface area contributed by atoms with E-state index in [4.69, 9.17) is 9.84 Å². The van der Waals surface area contributed by atoms with Crippen molar-refractivity contribution in [3.63, 3.8) is 0 Å². The van der Waals surface area contributed by atoms with E-state index >= 15 is 0 Å². The molecule has 1 heterocycles. The van der Waals surface area contributed by atoms with Gasteiger partial charge in [-0.15, -0.1) is 0 Å². The third-order valence-electron chi connectivity index (χ3n) is 2.92. The van der Waals surface area contributed by atoms with Gasteiger partial charge >= 0.3 is 12.1 Å². The largest absolute Gasteiger partial charge is 0.480 e. The van der Waals surface area contributed by atoms with E-state index in [1.165, 1.54) is 0 Å². The molecule has 19 heavy (non-hydrogen) atoms. The molecule has 0 aromatic heterocycles. The van der Waals surface area contributed by atoms with Gasteiger partial charge in [0.15, 0.2) is 5.78 Å². The molecule has 1 aliphatic heterocycles. The normalized spacial score (nSPS) is 24.5. The van der Waals surface area contributed by atoms with Gasteiger partial charge < -0.3 is 14.6 Å². The lowest BCUT2D eigenvalue weighted by atomic mass is 9.77. The van der Waals surface area contributed by atoms with Crippen molar-refractivity contribution in [1.82, 2.24) is 0 Å². The first kappa shape index (κ1) is 15.9. The Balaban J connectivity index is 2.43. The summed E-state index contributed by atoms with van der Waals surface area (Å²) in [5.41, 5.74) is -1.64. The molecule has 0 amide bonds. The number of carbonyl (C=O) groups excluding carboxylic acids is 1.